The van der Waals surface area contributed by atoms with Crippen molar-refractivity contribution in [3.63, 3.8) is 0 Å². The van der Waals surface area contributed by atoms with Crippen molar-refractivity contribution in [1.29, 1.82) is 0 Å². The number of thiophene rings is 1. The molecular formula is C19H21N3O3S2. The van der Waals surface area contributed by atoms with Crippen LogP contribution >= 0.6 is 23.1 Å². The van der Waals surface area contributed by atoms with Crippen LogP contribution in [0.2, 0.25) is 0 Å². The van der Waals surface area contributed by atoms with Gasteiger partial charge in [-0.15, -0.1) is 23.1 Å². The van der Waals surface area contributed by atoms with Gasteiger partial charge in [-0.25, -0.2) is 4.98 Å². The van der Waals surface area contributed by atoms with Gasteiger partial charge in [0.15, 0.2) is 0 Å². The van der Waals surface area contributed by atoms with Crippen molar-refractivity contribution in [2.24, 2.45) is 0 Å². The Morgan fingerprint density at radius 2 is 2.11 bits per heavy atom. The van der Waals surface area contributed by atoms with Gasteiger partial charge in [0.25, 0.3) is 5.56 Å². The van der Waals surface area contributed by atoms with Gasteiger partial charge in [0.2, 0.25) is 5.91 Å². The maximum absolute atomic E-state index is 12.5. The van der Waals surface area contributed by atoms with Crippen molar-refractivity contribution < 1.29 is 9.53 Å². The smallest absolute Gasteiger partial charge is 0.259 e. The SMILES string of the molecule is COc1ccccc1NC(=O)C(C)SCc1nc2sc(C)c(C)c2c(=O)[nH]1. The number of para-hydroxylation sites is 2. The molecular weight excluding hydrogens is 382 g/mol. The van der Waals surface area contributed by atoms with Crippen LogP contribution in [-0.2, 0) is 10.5 Å². The molecule has 1 atom stereocenters. The Balaban J connectivity index is 1.68. The lowest BCUT2D eigenvalue weighted by Gasteiger charge is -2.14. The second-order valence-electron chi connectivity index (χ2n) is 6.12. The first-order valence-corrected chi connectivity index (χ1v) is 10.3. The number of aryl methyl sites for hydroxylation is 2. The Kier molecular flexibility index (Phi) is 5.86. The molecule has 0 saturated heterocycles. The maximum Gasteiger partial charge on any atom is 0.259 e. The second kappa shape index (κ2) is 8.14. The lowest BCUT2D eigenvalue weighted by Crippen LogP contribution is -2.23. The molecule has 27 heavy (non-hydrogen) atoms. The number of aromatic amines is 1. The highest BCUT2D eigenvalue weighted by Gasteiger charge is 2.17. The van der Waals surface area contributed by atoms with Crippen LogP contribution in [0.5, 0.6) is 5.75 Å². The first-order chi connectivity index (χ1) is 12.9. The van der Waals surface area contributed by atoms with E-state index in [0.717, 1.165) is 15.3 Å². The van der Waals surface area contributed by atoms with Gasteiger partial charge >= 0.3 is 0 Å². The number of carbonyl (C=O) groups excluding carboxylic acids is 1. The van der Waals surface area contributed by atoms with Crippen molar-refractivity contribution in [3.8, 4) is 5.75 Å². The van der Waals surface area contributed by atoms with Crippen LogP contribution < -0.4 is 15.6 Å². The topological polar surface area (TPSA) is 84.1 Å². The van der Waals surface area contributed by atoms with Gasteiger partial charge in [0.05, 0.1) is 29.2 Å². The summed E-state index contributed by atoms with van der Waals surface area (Å²) in [6, 6.07) is 7.27. The molecule has 0 aliphatic heterocycles. The number of amides is 1. The van der Waals surface area contributed by atoms with Gasteiger partial charge in [0, 0.05) is 4.88 Å². The number of nitrogens with zero attached hydrogens (tertiary/aromatic N) is 1. The number of thioether (sulfide) groups is 1. The van der Waals surface area contributed by atoms with Crippen molar-refractivity contribution in [1.82, 2.24) is 9.97 Å². The molecule has 0 fully saturated rings. The highest BCUT2D eigenvalue weighted by Crippen LogP contribution is 2.27. The zero-order chi connectivity index (χ0) is 19.6. The van der Waals surface area contributed by atoms with Gasteiger partial charge < -0.3 is 15.0 Å². The average molecular weight is 404 g/mol. The number of aromatic nitrogens is 2. The Hall–Kier alpha value is -2.32. The van der Waals surface area contributed by atoms with E-state index >= 15 is 0 Å². The van der Waals surface area contributed by atoms with Gasteiger partial charge in [-0.3, -0.25) is 9.59 Å². The Bertz CT molecular complexity index is 1040. The Morgan fingerprint density at radius 1 is 1.37 bits per heavy atom. The summed E-state index contributed by atoms with van der Waals surface area (Å²) in [6.07, 6.45) is 0. The first-order valence-electron chi connectivity index (χ1n) is 8.45. The van der Waals surface area contributed by atoms with E-state index in [1.54, 1.807) is 19.2 Å². The zero-order valence-corrected chi connectivity index (χ0v) is 17.2. The van der Waals surface area contributed by atoms with E-state index in [2.05, 4.69) is 15.3 Å². The highest BCUT2D eigenvalue weighted by atomic mass is 32.2. The molecule has 3 rings (SSSR count). The number of rotatable bonds is 6. The second-order valence-corrected chi connectivity index (χ2v) is 8.65. The van der Waals surface area contributed by atoms with Crippen molar-refractivity contribution >= 4 is 44.9 Å². The summed E-state index contributed by atoms with van der Waals surface area (Å²) in [4.78, 5) is 34.0. The number of fused-ring (bicyclic) bond motifs is 1. The van der Waals surface area contributed by atoms with Crippen molar-refractivity contribution in [2.45, 2.75) is 31.8 Å². The molecule has 142 valence electrons. The number of methoxy groups -OCH3 is 1. The number of hydrogen-bond donors (Lipinski definition) is 2. The van der Waals surface area contributed by atoms with E-state index in [1.165, 1.54) is 23.1 Å². The molecule has 8 heteroatoms. The molecule has 0 spiro atoms. The molecule has 6 nitrogen and oxygen atoms in total. The standard InChI is InChI=1S/C19H21N3O3S2/c1-10-11(2)27-19-16(10)18(24)21-15(22-19)9-26-12(3)17(23)20-13-7-5-6-8-14(13)25-4/h5-8,12H,9H2,1-4H3,(H,20,23)(H,21,22,24). The van der Waals surface area contributed by atoms with E-state index in [-0.39, 0.29) is 16.7 Å². The van der Waals surface area contributed by atoms with E-state index in [9.17, 15) is 9.59 Å². The molecule has 0 bridgehead atoms. The molecule has 2 heterocycles. The molecule has 0 aliphatic carbocycles. The number of hydrogen-bond acceptors (Lipinski definition) is 6. The Morgan fingerprint density at radius 3 is 2.85 bits per heavy atom. The summed E-state index contributed by atoms with van der Waals surface area (Å²) >= 11 is 2.94. The third-order valence-electron chi connectivity index (χ3n) is 4.29. The minimum Gasteiger partial charge on any atom is -0.495 e. The van der Waals surface area contributed by atoms with Crippen LogP contribution in [0, 0.1) is 13.8 Å². The summed E-state index contributed by atoms with van der Waals surface area (Å²) in [5.41, 5.74) is 1.49. The fraction of sp³-hybridized carbons (Fsp3) is 0.316. The predicted octanol–water partition coefficient (Wildman–Crippen LogP) is 3.87. The van der Waals surface area contributed by atoms with Gasteiger partial charge in [-0.2, -0.15) is 0 Å². The van der Waals surface area contributed by atoms with E-state index < -0.39 is 0 Å². The molecule has 1 unspecified atom stereocenters. The minimum atomic E-state index is -0.317. The minimum absolute atomic E-state index is 0.122. The molecule has 0 aliphatic rings. The molecule has 2 N–H and O–H groups in total. The summed E-state index contributed by atoms with van der Waals surface area (Å²) < 4.78 is 5.25. The third kappa shape index (κ3) is 4.17. The van der Waals surface area contributed by atoms with Crippen LogP contribution in [0.4, 0.5) is 5.69 Å². The van der Waals surface area contributed by atoms with E-state index in [4.69, 9.17) is 4.74 Å². The van der Waals surface area contributed by atoms with Crippen LogP contribution in [0.25, 0.3) is 10.2 Å². The summed E-state index contributed by atoms with van der Waals surface area (Å²) in [5.74, 6) is 1.51. The predicted molar refractivity (Wildman–Crippen MR) is 112 cm³/mol. The average Bonchev–Trinajstić information content (AvgIpc) is 2.94. The van der Waals surface area contributed by atoms with Gasteiger partial charge in [-0.1, -0.05) is 12.1 Å². The van der Waals surface area contributed by atoms with Crippen LogP contribution in [-0.4, -0.2) is 28.2 Å². The van der Waals surface area contributed by atoms with E-state index in [0.29, 0.717) is 28.4 Å². The lowest BCUT2D eigenvalue weighted by molar-refractivity contribution is -0.115. The monoisotopic (exact) mass is 403 g/mol. The quantitative estimate of drug-likeness (QED) is 0.653. The number of H-pyrrole nitrogens is 1. The largest absolute Gasteiger partial charge is 0.495 e. The van der Waals surface area contributed by atoms with Gasteiger partial charge in [-0.05, 0) is 38.5 Å². The number of benzene rings is 1. The highest BCUT2D eigenvalue weighted by molar-refractivity contribution is 7.99. The number of anilines is 1. The molecule has 2 aromatic heterocycles. The molecule has 3 aromatic rings. The third-order valence-corrected chi connectivity index (χ3v) is 6.55. The number of carbonyl (C=O) groups is 1. The number of ether oxygens (including phenoxy) is 1. The fourth-order valence-electron chi connectivity index (χ4n) is 2.63. The first kappa shape index (κ1) is 19.4. The lowest BCUT2D eigenvalue weighted by atomic mass is 10.2. The molecule has 1 aromatic carbocycles. The van der Waals surface area contributed by atoms with Crippen LogP contribution in [0.15, 0.2) is 29.1 Å². The van der Waals surface area contributed by atoms with Crippen LogP contribution in [0.1, 0.15) is 23.2 Å². The molecule has 0 radical (unpaired) electrons. The number of nitrogens with one attached hydrogen (secondary N) is 2. The van der Waals surface area contributed by atoms with E-state index in [1.807, 2.05) is 32.9 Å². The molecule has 1 amide bonds. The molecule has 0 saturated carbocycles. The van der Waals surface area contributed by atoms with Crippen molar-refractivity contribution in [2.75, 3.05) is 12.4 Å². The summed E-state index contributed by atoms with van der Waals surface area (Å²) in [5, 5.41) is 3.22. The Labute approximate surface area is 165 Å². The maximum atomic E-state index is 12.5. The normalized spacial score (nSPS) is 12.1. The van der Waals surface area contributed by atoms with Gasteiger partial charge in [0.1, 0.15) is 16.4 Å². The zero-order valence-electron chi connectivity index (χ0n) is 15.6. The summed E-state index contributed by atoms with van der Waals surface area (Å²) in [7, 11) is 1.56. The van der Waals surface area contributed by atoms with Crippen LogP contribution in [0.3, 0.4) is 0 Å². The van der Waals surface area contributed by atoms with Crippen molar-refractivity contribution in [3.05, 3.63) is 50.9 Å². The fourth-order valence-corrected chi connectivity index (χ4v) is 4.43. The summed E-state index contributed by atoms with van der Waals surface area (Å²) in [6.45, 7) is 5.75.